The number of carbonyl (C=O) groups is 1. The average molecular weight is 339 g/mol. The third-order valence-electron chi connectivity index (χ3n) is 3.79. The van der Waals surface area contributed by atoms with Crippen LogP contribution < -0.4 is 10.2 Å². The molecule has 124 valence electrons. The van der Waals surface area contributed by atoms with E-state index in [1.807, 2.05) is 4.90 Å². The monoisotopic (exact) mass is 339 g/mol. The lowest BCUT2D eigenvalue weighted by molar-refractivity contribution is -0.904. The number of aliphatic hydroxyl groups excluding tert-OH is 1. The number of piperazine rings is 1. The minimum absolute atomic E-state index is 0.00982. The first-order valence-corrected chi connectivity index (χ1v) is 7.72. The predicted molar refractivity (Wildman–Crippen MR) is 87.4 cm³/mol. The standard InChI is InChI=1S/C14H18N4O4S/c19-10-9-16-5-7-17(8-6-16)14(23)15-13(20)11-3-1-2-4-12(11)18(21)22/h1-4,19H,5-10H2,(H,15,20,23)/p+1. The molecule has 0 aliphatic carbocycles. The van der Waals surface area contributed by atoms with Gasteiger partial charge in [-0.1, -0.05) is 12.1 Å². The number of hydrogen-bond acceptors (Lipinski definition) is 5. The van der Waals surface area contributed by atoms with E-state index in [1.165, 1.54) is 23.1 Å². The molecule has 0 unspecified atom stereocenters. The number of nitrogens with one attached hydrogen (secondary N) is 2. The Hall–Kier alpha value is -2.10. The highest BCUT2D eigenvalue weighted by Crippen LogP contribution is 2.17. The molecule has 0 atom stereocenters. The predicted octanol–water partition coefficient (Wildman–Crippen LogP) is -1.20. The van der Waals surface area contributed by atoms with Gasteiger partial charge in [0.15, 0.2) is 5.11 Å². The minimum Gasteiger partial charge on any atom is -0.391 e. The normalized spacial score (nSPS) is 15.3. The number of nitro benzene ring substituents is 1. The van der Waals surface area contributed by atoms with Gasteiger partial charge in [0, 0.05) is 6.07 Å². The van der Waals surface area contributed by atoms with Crippen molar-refractivity contribution in [2.45, 2.75) is 0 Å². The molecule has 23 heavy (non-hydrogen) atoms. The van der Waals surface area contributed by atoms with Crippen LogP contribution in [0.2, 0.25) is 0 Å². The van der Waals surface area contributed by atoms with Crippen LogP contribution in [0, 0.1) is 10.1 Å². The number of amides is 1. The fourth-order valence-corrected chi connectivity index (χ4v) is 2.78. The number of thiocarbonyl (C=S) groups is 1. The molecular formula is C14H19N4O4S+. The fraction of sp³-hybridized carbons (Fsp3) is 0.429. The first-order valence-electron chi connectivity index (χ1n) is 7.31. The molecule has 1 aliphatic rings. The van der Waals surface area contributed by atoms with E-state index in [1.54, 1.807) is 6.07 Å². The van der Waals surface area contributed by atoms with Crippen LogP contribution in [0.1, 0.15) is 10.4 Å². The summed E-state index contributed by atoms with van der Waals surface area (Å²) in [5.41, 5.74) is -0.255. The number of carbonyl (C=O) groups excluding carboxylic acids is 1. The number of hydrogen-bond donors (Lipinski definition) is 3. The van der Waals surface area contributed by atoms with Gasteiger partial charge in [-0.25, -0.2) is 0 Å². The Morgan fingerprint density at radius 2 is 2.04 bits per heavy atom. The maximum atomic E-state index is 12.2. The second-order valence-electron chi connectivity index (χ2n) is 5.24. The van der Waals surface area contributed by atoms with E-state index in [0.717, 1.165) is 13.1 Å². The van der Waals surface area contributed by atoms with Crippen LogP contribution in [-0.4, -0.2) is 65.3 Å². The van der Waals surface area contributed by atoms with Gasteiger partial charge in [0.25, 0.3) is 11.6 Å². The summed E-state index contributed by atoms with van der Waals surface area (Å²) < 4.78 is 0. The molecule has 2 rings (SSSR count). The van der Waals surface area contributed by atoms with Gasteiger partial charge in [0.2, 0.25) is 0 Å². The maximum absolute atomic E-state index is 12.2. The molecule has 1 aromatic rings. The molecule has 3 N–H and O–H groups in total. The molecule has 1 fully saturated rings. The number of nitrogens with zero attached hydrogens (tertiary/aromatic N) is 2. The topological polar surface area (TPSA) is 100 Å². The van der Waals surface area contributed by atoms with E-state index in [9.17, 15) is 14.9 Å². The highest BCUT2D eigenvalue weighted by molar-refractivity contribution is 7.80. The van der Waals surface area contributed by atoms with Gasteiger partial charge in [-0.2, -0.15) is 0 Å². The second-order valence-corrected chi connectivity index (χ2v) is 5.63. The maximum Gasteiger partial charge on any atom is 0.282 e. The van der Waals surface area contributed by atoms with Gasteiger partial charge in [-0.3, -0.25) is 20.2 Å². The Balaban J connectivity index is 1.96. The third-order valence-corrected chi connectivity index (χ3v) is 4.15. The molecule has 1 heterocycles. The van der Waals surface area contributed by atoms with E-state index >= 15 is 0 Å². The molecule has 1 aromatic carbocycles. The summed E-state index contributed by atoms with van der Waals surface area (Å²) in [5.74, 6) is -0.576. The minimum atomic E-state index is -0.588. The van der Waals surface area contributed by atoms with Gasteiger partial charge in [-0.05, 0) is 18.3 Å². The van der Waals surface area contributed by atoms with E-state index in [4.69, 9.17) is 17.3 Å². The first-order chi connectivity index (χ1) is 11.0. The molecule has 1 amide bonds. The van der Waals surface area contributed by atoms with Crippen molar-refractivity contribution < 1.29 is 19.7 Å². The SMILES string of the molecule is O=C(NC(=S)N1CC[NH+](CCO)CC1)c1ccccc1[N+](=O)[O-]. The highest BCUT2D eigenvalue weighted by atomic mass is 32.1. The zero-order valence-electron chi connectivity index (χ0n) is 12.5. The van der Waals surface area contributed by atoms with Gasteiger partial charge in [0.05, 0.1) is 37.7 Å². The third kappa shape index (κ3) is 4.44. The summed E-state index contributed by atoms with van der Waals surface area (Å²) in [4.78, 5) is 25.8. The smallest absolute Gasteiger partial charge is 0.282 e. The van der Waals surface area contributed by atoms with Gasteiger partial charge < -0.3 is 14.9 Å². The zero-order chi connectivity index (χ0) is 16.8. The van der Waals surface area contributed by atoms with Gasteiger partial charge >= 0.3 is 0 Å². The van der Waals surface area contributed by atoms with Crippen LogP contribution in [0.5, 0.6) is 0 Å². The lowest BCUT2D eigenvalue weighted by Gasteiger charge is -2.33. The number of quaternary nitrogens is 1. The molecular weight excluding hydrogens is 320 g/mol. The number of aliphatic hydroxyl groups is 1. The summed E-state index contributed by atoms with van der Waals surface area (Å²) >= 11 is 5.23. The van der Waals surface area contributed by atoms with Crippen molar-refractivity contribution >= 4 is 28.9 Å². The van der Waals surface area contributed by atoms with Gasteiger partial charge in [0.1, 0.15) is 12.1 Å². The van der Waals surface area contributed by atoms with Crippen molar-refractivity contribution in [1.82, 2.24) is 10.2 Å². The Morgan fingerprint density at radius 1 is 1.39 bits per heavy atom. The van der Waals surface area contributed by atoms with Crippen LogP contribution in [0.15, 0.2) is 24.3 Å². The zero-order valence-corrected chi connectivity index (χ0v) is 13.3. The summed E-state index contributed by atoms with van der Waals surface area (Å²) in [7, 11) is 0. The second kappa shape index (κ2) is 7.95. The number of rotatable bonds is 4. The molecule has 0 spiro atoms. The number of benzene rings is 1. The molecule has 0 radical (unpaired) electrons. The summed E-state index contributed by atoms with van der Waals surface area (Å²) in [6.07, 6.45) is 0. The van der Waals surface area contributed by atoms with Gasteiger partial charge in [-0.15, -0.1) is 0 Å². The van der Waals surface area contributed by atoms with Crippen molar-refractivity contribution in [3.8, 4) is 0 Å². The van der Waals surface area contributed by atoms with E-state index in [2.05, 4.69) is 5.32 Å². The summed E-state index contributed by atoms with van der Waals surface area (Å²) in [6.45, 7) is 3.83. The average Bonchev–Trinajstić information content (AvgIpc) is 2.55. The molecule has 0 bridgehead atoms. The number of nitro groups is 1. The van der Waals surface area contributed by atoms with Crippen molar-refractivity contribution in [1.29, 1.82) is 0 Å². The highest BCUT2D eigenvalue weighted by Gasteiger charge is 2.24. The van der Waals surface area contributed by atoms with Crippen molar-refractivity contribution in [3.05, 3.63) is 39.9 Å². The van der Waals surface area contributed by atoms with Crippen LogP contribution >= 0.6 is 12.2 Å². The van der Waals surface area contributed by atoms with E-state index in [-0.39, 0.29) is 23.0 Å². The van der Waals surface area contributed by atoms with Crippen LogP contribution in [0.4, 0.5) is 5.69 Å². The molecule has 9 heteroatoms. The van der Waals surface area contributed by atoms with Crippen LogP contribution in [0.25, 0.3) is 0 Å². The molecule has 0 aromatic heterocycles. The lowest BCUT2D eigenvalue weighted by atomic mass is 10.1. The van der Waals surface area contributed by atoms with E-state index in [0.29, 0.717) is 19.6 Å². The van der Waals surface area contributed by atoms with Crippen molar-refractivity contribution in [2.24, 2.45) is 0 Å². The molecule has 8 nitrogen and oxygen atoms in total. The molecule has 1 aliphatic heterocycles. The Kier molecular flexibility index (Phi) is 5.97. The molecule has 0 saturated carbocycles. The lowest BCUT2D eigenvalue weighted by Crippen LogP contribution is -3.15. The fourth-order valence-electron chi connectivity index (χ4n) is 2.50. The number of para-hydroxylation sites is 1. The van der Waals surface area contributed by atoms with Crippen LogP contribution in [0.3, 0.4) is 0 Å². The Morgan fingerprint density at radius 3 is 2.65 bits per heavy atom. The largest absolute Gasteiger partial charge is 0.391 e. The van der Waals surface area contributed by atoms with Crippen molar-refractivity contribution in [2.75, 3.05) is 39.3 Å². The van der Waals surface area contributed by atoms with Crippen LogP contribution in [-0.2, 0) is 0 Å². The van der Waals surface area contributed by atoms with E-state index < -0.39 is 10.8 Å². The summed E-state index contributed by atoms with van der Waals surface area (Å²) in [6, 6.07) is 5.77. The van der Waals surface area contributed by atoms with Crippen molar-refractivity contribution in [3.63, 3.8) is 0 Å². The first kappa shape index (κ1) is 17.3. The molecule has 1 saturated heterocycles. The Bertz CT molecular complexity index is 602. The quantitative estimate of drug-likeness (QED) is 0.362. The Labute approximate surface area is 138 Å². The summed E-state index contributed by atoms with van der Waals surface area (Å²) in [5, 5.41) is 22.7.